The summed E-state index contributed by atoms with van der Waals surface area (Å²) in [5.74, 6) is -1.16. The molecule has 3 rings (SSSR count). The Hall–Kier alpha value is -4.64. The van der Waals surface area contributed by atoms with Crippen molar-refractivity contribution < 1.29 is 27.6 Å². The average molecular weight is 495 g/mol. The van der Waals surface area contributed by atoms with Gasteiger partial charge in [0.25, 0.3) is 5.91 Å². The number of nitriles is 2. The Labute approximate surface area is 204 Å². The predicted octanol–water partition coefficient (Wildman–Crippen LogP) is 4.31. The van der Waals surface area contributed by atoms with E-state index in [1.54, 1.807) is 6.07 Å². The van der Waals surface area contributed by atoms with Crippen molar-refractivity contribution in [1.82, 2.24) is 10.2 Å². The van der Waals surface area contributed by atoms with Gasteiger partial charge >= 0.3 is 12.2 Å². The maximum atomic E-state index is 13.5. The number of ketones is 1. The summed E-state index contributed by atoms with van der Waals surface area (Å²) in [6, 6.07) is 10.2. The molecule has 0 spiro atoms. The highest BCUT2D eigenvalue weighted by molar-refractivity contribution is 6.06. The molecule has 0 saturated carbocycles. The highest BCUT2D eigenvalue weighted by Crippen LogP contribution is 2.41. The lowest BCUT2D eigenvalue weighted by atomic mass is 9.87. The molecule has 184 valence electrons. The van der Waals surface area contributed by atoms with Gasteiger partial charge in [-0.2, -0.15) is 23.7 Å². The van der Waals surface area contributed by atoms with Gasteiger partial charge in [-0.1, -0.05) is 12.1 Å². The number of amides is 3. The third-order valence-corrected chi connectivity index (χ3v) is 5.74. The molecule has 0 fully saturated rings. The Morgan fingerprint density at radius 2 is 1.83 bits per heavy atom. The van der Waals surface area contributed by atoms with E-state index in [-0.39, 0.29) is 40.2 Å². The second-order valence-corrected chi connectivity index (χ2v) is 7.99. The van der Waals surface area contributed by atoms with Crippen LogP contribution in [-0.4, -0.2) is 36.2 Å². The number of hydrogen-bond acceptors (Lipinski definition) is 5. The van der Waals surface area contributed by atoms with Crippen molar-refractivity contribution in [1.29, 1.82) is 10.5 Å². The van der Waals surface area contributed by atoms with Crippen molar-refractivity contribution in [2.24, 2.45) is 0 Å². The molecule has 2 aromatic carbocycles. The minimum absolute atomic E-state index is 0.0204. The van der Waals surface area contributed by atoms with Gasteiger partial charge in [0, 0.05) is 23.9 Å². The van der Waals surface area contributed by atoms with Crippen molar-refractivity contribution >= 4 is 23.4 Å². The first-order chi connectivity index (χ1) is 16.9. The van der Waals surface area contributed by atoms with Crippen molar-refractivity contribution in [3.05, 3.63) is 76.0 Å². The van der Waals surface area contributed by atoms with Crippen molar-refractivity contribution in [2.75, 3.05) is 18.5 Å². The van der Waals surface area contributed by atoms with Crippen LogP contribution in [0.4, 0.5) is 23.7 Å². The summed E-state index contributed by atoms with van der Waals surface area (Å²) in [4.78, 5) is 41.2. The lowest BCUT2D eigenvalue weighted by Gasteiger charge is -2.41. The lowest BCUT2D eigenvalue weighted by Crippen LogP contribution is -2.49. The predicted molar refractivity (Wildman–Crippen MR) is 122 cm³/mol. The smallest absolute Gasteiger partial charge is 0.339 e. The van der Waals surface area contributed by atoms with Crippen LogP contribution in [0.25, 0.3) is 0 Å². The Kier molecular flexibility index (Phi) is 7.16. The number of nitrogens with one attached hydrogen (secondary N) is 1. The van der Waals surface area contributed by atoms with Crippen LogP contribution in [0.3, 0.4) is 0 Å². The molecule has 2 aromatic rings. The second kappa shape index (κ2) is 9.92. The fraction of sp³-hybridized carbons (Fsp3) is 0.240. The van der Waals surface area contributed by atoms with E-state index in [4.69, 9.17) is 5.26 Å². The van der Waals surface area contributed by atoms with Gasteiger partial charge in [0.05, 0.1) is 35.0 Å². The monoisotopic (exact) mass is 495 g/mol. The van der Waals surface area contributed by atoms with Gasteiger partial charge < -0.3 is 10.2 Å². The SMILES string of the molecule is CC(=O)C1=C(C)N(c2cccc(C(F)(F)F)c2)C(=O)N(C)C1c1ccc(C#N)cc1C(=O)NCC#N. The van der Waals surface area contributed by atoms with Crippen LogP contribution >= 0.6 is 0 Å². The molecule has 1 unspecified atom stereocenters. The minimum atomic E-state index is -4.64. The molecule has 11 heteroatoms. The van der Waals surface area contributed by atoms with Crippen LogP contribution < -0.4 is 10.2 Å². The van der Waals surface area contributed by atoms with Crippen LogP contribution in [0, 0.1) is 22.7 Å². The van der Waals surface area contributed by atoms with Gasteiger partial charge in [0.15, 0.2) is 5.78 Å². The fourth-order valence-corrected chi connectivity index (χ4v) is 4.14. The number of likely N-dealkylation sites (N-methyl/N-ethyl adjacent to an activating group) is 1. The number of hydrogen-bond donors (Lipinski definition) is 1. The van der Waals surface area contributed by atoms with E-state index in [9.17, 15) is 32.8 Å². The molecule has 0 aliphatic carbocycles. The van der Waals surface area contributed by atoms with Gasteiger partial charge in [0.2, 0.25) is 0 Å². The number of anilines is 1. The lowest BCUT2D eigenvalue weighted by molar-refractivity contribution is -0.137. The first kappa shape index (κ1) is 26.0. The summed E-state index contributed by atoms with van der Waals surface area (Å²) >= 11 is 0. The molecular weight excluding hydrogens is 475 g/mol. The zero-order chi connectivity index (χ0) is 26.8. The molecule has 36 heavy (non-hydrogen) atoms. The number of alkyl halides is 3. The molecule has 0 bridgehead atoms. The van der Waals surface area contributed by atoms with E-state index < -0.39 is 35.5 Å². The van der Waals surface area contributed by atoms with Crippen molar-refractivity contribution in [3.63, 3.8) is 0 Å². The number of carbonyl (C=O) groups excluding carboxylic acids is 3. The molecule has 0 radical (unpaired) electrons. The molecule has 0 saturated heterocycles. The third kappa shape index (κ3) is 4.77. The van der Waals surface area contributed by atoms with Crippen LogP contribution in [0.2, 0.25) is 0 Å². The molecule has 0 aromatic heterocycles. The number of benzene rings is 2. The van der Waals surface area contributed by atoms with E-state index in [2.05, 4.69) is 5.32 Å². The molecule has 1 aliphatic rings. The number of rotatable bonds is 5. The Bertz CT molecular complexity index is 1370. The summed E-state index contributed by atoms with van der Waals surface area (Å²) in [5, 5.41) is 20.5. The van der Waals surface area contributed by atoms with E-state index in [1.165, 1.54) is 45.2 Å². The van der Waals surface area contributed by atoms with Crippen LogP contribution in [0.1, 0.15) is 46.9 Å². The summed E-state index contributed by atoms with van der Waals surface area (Å²) in [6.07, 6.45) is -4.64. The number of halogens is 3. The zero-order valence-electron chi connectivity index (χ0n) is 19.5. The second-order valence-electron chi connectivity index (χ2n) is 7.99. The summed E-state index contributed by atoms with van der Waals surface area (Å²) in [7, 11) is 1.36. The topological polar surface area (TPSA) is 117 Å². The molecular formula is C25H20F3N5O3. The van der Waals surface area contributed by atoms with Crippen LogP contribution in [0.5, 0.6) is 0 Å². The van der Waals surface area contributed by atoms with Crippen molar-refractivity contribution in [2.45, 2.75) is 26.1 Å². The zero-order valence-corrected chi connectivity index (χ0v) is 19.5. The Morgan fingerprint density at radius 3 is 2.42 bits per heavy atom. The highest BCUT2D eigenvalue weighted by atomic mass is 19.4. The van der Waals surface area contributed by atoms with Gasteiger partial charge in [-0.3, -0.25) is 14.5 Å². The van der Waals surface area contributed by atoms with E-state index in [0.29, 0.717) is 0 Å². The largest absolute Gasteiger partial charge is 0.416 e. The molecule has 1 N–H and O–H groups in total. The fourth-order valence-electron chi connectivity index (χ4n) is 4.14. The molecule has 1 aliphatic heterocycles. The molecule has 3 amide bonds. The summed E-state index contributed by atoms with van der Waals surface area (Å²) in [6.45, 7) is 2.37. The minimum Gasteiger partial charge on any atom is -0.339 e. The average Bonchev–Trinajstić information content (AvgIpc) is 2.83. The highest BCUT2D eigenvalue weighted by Gasteiger charge is 2.41. The Morgan fingerprint density at radius 1 is 1.14 bits per heavy atom. The van der Waals surface area contributed by atoms with Gasteiger partial charge in [0.1, 0.15) is 6.54 Å². The van der Waals surface area contributed by atoms with Gasteiger partial charge in [-0.25, -0.2) is 4.79 Å². The van der Waals surface area contributed by atoms with Crippen LogP contribution in [-0.2, 0) is 11.0 Å². The van der Waals surface area contributed by atoms with Crippen molar-refractivity contribution in [3.8, 4) is 12.1 Å². The van der Waals surface area contributed by atoms with E-state index in [1.807, 2.05) is 6.07 Å². The molecule has 1 atom stereocenters. The standard InChI is InChI=1S/C25H20F3N5O3/c1-14-21(15(2)34)22(19-8-7-16(13-30)11-20(19)23(35)31-10-9-29)32(3)24(36)33(14)18-6-4-5-17(12-18)25(26,27)28/h4-8,11-12,22H,10H2,1-3H3,(H,31,35). The number of allylic oxidation sites excluding steroid dienone is 1. The quantitative estimate of drug-likeness (QED) is 0.621. The van der Waals surface area contributed by atoms with Gasteiger partial charge in [-0.15, -0.1) is 0 Å². The normalized spacial score (nSPS) is 15.9. The summed E-state index contributed by atoms with van der Waals surface area (Å²) in [5.41, 5.74) is -0.527. The molecule has 1 heterocycles. The number of nitrogens with zero attached hydrogens (tertiary/aromatic N) is 4. The maximum Gasteiger partial charge on any atom is 0.416 e. The third-order valence-electron chi connectivity index (χ3n) is 5.74. The number of urea groups is 1. The maximum absolute atomic E-state index is 13.5. The first-order valence-electron chi connectivity index (χ1n) is 10.6. The molecule has 8 nitrogen and oxygen atoms in total. The van der Waals surface area contributed by atoms with E-state index >= 15 is 0 Å². The Balaban J connectivity index is 2.24. The number of carbonyl (C=O) groups is 3. The van der Waals surface area contributed by atoms with Crippen LogP contribution in [0.15, 0.2) is 53.7 Å². The summed E-state index contributed by atoms with van der Waals surface area (Å²) < 4.78 is 39.9. The van der Waals surface area contributed by atoms with Gasteiger partial charge in [-0.05, 0) is 49.7 Å². The first-order valence-corrected chi connectivity index (χ1v) is 10.6. The number of Topliss-reactive ketones (excluding diaryl/α,β-unsaturated/α-hetero) is 1. The van der Waals surface area contributed by atoms with E-state index in [0.717, 1.165) is 28.0 Å².